The van der Waals surface area contributed by atoms with Gasteiger partial charge in [0.25, 0.3) is 0 Å². The molecule has 6 nitrogen and oxygen atoms in total. The van der Waals surface area contributed by atoms with Crippen LogP contribution in [-0.2, 0) is 13.1 Å². The van der Waals surface area contributed by atoms with E-state index in [2.05, 4.69) is 26.3 Å². The van der Waals surface area contributed by atoms with Crippen LogP contribution in [0.3, 0.4) is 0 Å². The molecule has 0 aliphatic carbocycles. The molecule has 140 valence electrons. The summed E-state index contributed by atoms with van der Waals surface area (Å²) in [7, 11) is 0. The van der Waals surface area contributed by atoms with Crippen LogP contribution in [0.5, 0.6) is 5.75 Å². The van der Waals surface area contributed by atoms with Crippen molar-refractivity contribution in [1.29, 1.82) is 0 Å². The van der Waals surface area contributed by atoms with E-state index >= 15 is 0 Å². The number of halogens is 1. The number of aromatic hydroxyl groups is 1. The second kappa shape index (κ2) is 8.06. The third-order valence-electron chi connectivity index (χ3n) is 5.05. The highest BCUT2D eigenvalue weighted by Crippen LogP contribution is 2.30. The zero-order chi connectivity index (χ0) is 18.6. The van der Waals surface area contributed by atoms with Crippen molar-refractivity contribution in [1.82, 2.24) is 24.9 Å². The fourth-order valence-corrected chi connectivity index (χ4v) is 3.79. The predicted molar refractivity (Wildman–Crippen MR) is 104 cm³/mol. The van der Waals surface area contributed by atoms with Gasteiger partial charge in [0.05, 0.1) is 29.2 Å². The van der Waals surface area contributed by atoms with Gasteiger partial charge in [0, 0.05) is 12.7 Å². The summed E-state index contributed by atoms with van der Waals surface area (Å²) in [5, 5.41) is 18.8. The number of rotatable bonds is 5. The SMILES string of the molecule is Oc1cccc(C2CCN(Cc3cn(Cc4ncccc4Cl)nn3)CC2)c1. The maximum absolute atomic E-state index is 9.68. The van der Waals surface area contributed by atoms with E-state index in [0.29, 0.717) is 23.2 Å². The average molecular weight is 384 g/mol. The summed E-state index contributed by atoms with van der Waals surface area (Å²) in [5.41, 5.74) is 2.98. The quantitative estimate of drug-likeness (QED) is 0.730. The summed E-state index contributed by atoms with van der Waals surface area (Å²) < 4.78 is 1.78. The highest BCUT2D eigenvalue weighted by molar-refractivity contribution is 6.31. The molecule has 1 aliphatic heterocycles. The van der Waals surface area contributed by atoms with Crippen LogP contribution in [0.1, 0.15) is 35.7 Å². The molecule has 0 saturated carbocycles. The monoisotopic (exact) mass is 383 g/mol. The van der Waals surface area contributed by atoms with E-state index in [4.69, 9.17) is 11.6 Å². The number of aromatic nitrogens is 4. The number of hydrogen-bond donors (Lipinski definition) is 1. The molecule has 0 radical (unpaired) electrons. The molecule has 2 aromatic heterocycles. The van der Waals surface area contributed by atoms with Gasteiger partial charge in [-0.25, -0.2) is 4.68 Å². The lowest BCUT2D eigenvalue weighted by Crippen LogP contribution is -2.32. The third kappa shape index (κ3) is 4.46. The van der Waals surface area contributed by atoms with Crippen molar-refractivity contribution in [3.63, 3.8) is 0 Å². The average Bonchev–Trinajstić information content (AvgIpc) is 3.11. The molecule has 0 spiro atoms. The van der Waals surface area contributed by atoms with Gasteiger partial charge in [-0.15, -0.1) is 5.10 Å². The van der Waals surface area contributed by atoms with Crippen LogP contribution in [0.25, 0.3) is 0 Å². The van der Waals surface area contributed by atoms with Gasteiger partial charge in [0.15, 0.2) is 0 Å². The Bertz CT molecular complexity index is 905. The minimum atomic E-state index is 0.347. The number of likely N-dealkylation sites (tertiary alicyclic amines) is 1. The fourth-order valence-electron chi connectivity index (χ4n) is 3.61. The van der Waals surface area contributed by atoms with Crippen molar-refractivity contribution in [3.05, 3.63) is 70.8 Å². The van der Waals surface area contributed by atoms with Crippen molar-refractivity contribution in [2.24, 2.45) is 0 Å². The molecule has 3 aromatic rings. The lowest BCUT2D eigenvalue weighted by molar-refractivity contribution is 0.202. The second-order valence-electron chi connectivity index (χ2n) is 6.98. The smallest absolute Gasteiger partial charge is 0.115 e. The molecule has 1 aromatic carbocycles. The van der Waals surface area contributed by atoms with Crippen LogP contribution in [0, 0.1) is 0 Å². The first kappa shape index (κ1) is 17.9. The van der Waals surface area contributed by atoms with Crippen LogP contribution in [0.2, 0.25) is 5.02 Å². The number of hydrogen-bond acceptors (Lipinski definition) is 5. The van der Waals surface area contributed by atoms with Crippen LogP contribution < -0.4 is 0 Å². The Hall–Kier alpha value is -2.44. The van der Waals surface area contributed by atoms with E-state index < -0.39 is 0 Å². The van der Waals surface area contributed by atoms with Crippen molar-refractivity contribution < 1.29 is 5.11 Å². The van der Waals surface area contributed by atoms with Gasteiger partial charge in [-0.05, 0) is 61.7 Å². The van der Waals surface area contributed by atoms with Crippen LogP contribution in [0.4, 0.5) is 0 Å². The molecule has 1 saturated heterocycles. The van der Waals surface area contributed by atoms with E-state index in [-0.39, 0.29) is 0 Å². The number of phenolic OH excluding ortho intramolecular Hbond substituents is 1. The molecular formula is C20H22ClN5O. The Morgan fingerprint density at radius 3 is 2.74 bits per heavy atom. The number of phenols is 1. The number of benzene rings is 1. The van der Waals surface area contributed by atoms with Gasteiger partial charge >= 0.3 is 0 Å². The Morgan fingerprint density at radius 1 is 1.11 bits per heavy atom. The topological polar surface area (TPSA) is 67.1 Å². The molecule has 0 atom stereocenters. The molecule has 3 heterocycles. The number of nitrogens with zero attached hydrogens (tertiary/aromatic N) is 5. The molecule has 0 bridgehead atoms. The van der Waals surface area contributed by atoms with E-state index in [1.54, 1.807) is 16.9 Å². The Balaban J connectivity index is 1.32. The first-order valence-corrected chi connectivity index (χ1v) is 9.55. The van der Waals surface area contributed by atoms with E-state index in [9.17, 15) is 5.11 Å². The molecular weight excluding hydrogens is 362 g/mol. The molecule has 7 heteroatoms. The molecule has 1 fully saturated rings. The Morgan fingerprint density at radius 2 is 1.96 bits per heavy atom. The van der Waals surface area contributed by atoms with Crippen molar-refractivity contribution in [3.8, 4) is 5.75 Å². The van der Waals surface area contributed by atoms with Gasteiger partial charge in [-0.1, -0.05) is 28.9 Å². The third-order valence-corrected chi connectivity index (χ3v) is 5.39. The van der Waals surface area contributed by atoms with Crippen LogP contribution >= 0.6 is 11.6 Å². The highest BCUT2D eigenvalue weighted by atomic mass is 35.5. The zero-order valence-electron chi connectivity index (χ0n) is 15.0. The molecule has 27 heavy (non-hydrogen) atoms. The first-order valence-electron chi connectivity index (χ1n) is 9.17. The summed E-state index contributed by atoms with van der Waals surface area (Å²) in [5.74, 6) is 0.856. The fraction of sp³-hybridized carbons (Fsp3) is 0.350. The maximum atomic E-state index is 9.68. The normalized spacial score (nSPS) is 15.9. The number of piperidine rings is 1. The molecule has 1 N–H and O–H groups in total. The lowest BCUT2D eigenvalue weighted by atomic mass is 9.89. The number of pyridine rings is 1. The van der Waals surface area contributed by atoms with E-state index in [1.807, 2.05) is 30.5 Å². The van der Waals surface area contributed by atoms with Crippen LogP contribution in [-0.4, -0.2) is 43.1 Å². The summed E-state index contributed by atoms with van der Waals surface area (Å²) in [6, 6.07) is 11.3. The highest BCUT2D eigenvalue weighted by Gasteiger charge is 2.21. The van der Waals surface area contributed by atoms with Gasteiger partial charge in [-0.3, -0.25) is 9.88 Å². The predicted octanol–water partition coefficient (Wildman–Crippen LogP) is 3.46. The molecule has 1 aliphatic rings. The van der Waals surface area contributed by atoms with Crippen molar-refractivity contribution in [2.45, 2.75) is 31.8 Å². The lowest BCUT2D eigenvalue weighted by Gasteiger charge is -2.31. The maximum Gasteiger partial charge on any atom is 0.115 e. The van der Waals surface area contributed by atoms with Crippen LogP contribution in [0.15, 0.2) is 48.8 Å². The molecule has 0 unspecified atom stereocenters. The summed E-state index contributed by atoms with van der Waals surface area (Å²) >= 11 is 6.16. The minimum absolute atomic E-state index is 0.347. The van der Waals surface area contributed by atoms with Gasteiger partial charge in [-0.2, -0.15) is 0 Å². The Labute approximate surface area is 163 Å². The zero-order valence-corrected chi connectivity index (χ0v) is 15.8. The summed E-state index contributed by atoms with van der Waals surface area (Å²) in [6.45, 7) is 3.34. The summed E-state index contributed by atoms with van der Waals surface area (Å²) in [4.78, 5) is 6.70. The van der Waals surface area contributed by atoms with E-state index in [1.165, 1.54) is 5.56 Å². The van der Waals surface area contributed by atoms with Gasteiger partial charge in [0.1, 0.15) is 5.75 Å². The van der Waals surface area contributed by atoms with Gasteiger partial charge < -0.3 is 5.11 Å². The standard InChI is InChI=1S/C20H22ClN5O/c21-19-5-2-8-22-20(19)14-26-13-17(23-24-26)12-25-9-6-15(7-10-25)16-3-1-4-18(27)11-16/h1-5,8,11,13,15,27H,6-7,9-10,12,14H2. The molecule has 4 rings (SSSR count). The molecule has 0 amide bonds. The first-order chi connectivity index (χ1) is 13.2. The van der Waals surface area contributed by atoms with Gasteiger partial charge in [0.2, 0.25) is 0 Å². The van der Waals surface area contributed by atoms with E-state index in [0.717, 1.165) is 43.9 Å². The second-order valence-corrected chi connectivity index (χ2v) is 7.39. The largest absolute Gasteiger partial charge is 0.508 e. The van der Waals surface area contributed by atoms with Crippen molar-refractivity contribution >= 4 is 11.6 Å². The summed E-state index contributed by atoms with van der Waals surface area (Å²) in [6.07, 6.45) is 5.87. The Kier molecular flexibility index (Phi) is 5.36. The minimum Gasteiger partial charge on any atom is -0.508 e. The van der Waals surface area contributed by atoms with Crippen molar-refractivity contribution in [2.75, 3.05) is 13.1 Å².